The molecule has 15 heavy (non-hydrogen) atoms. The summed E-state index contributed by atoms with van der Waals surface area (Å²) in [6, 6.07) is 8.64. The van der Waals surface area contributed by atoms with Gasteiger partial charge < -0.3 is 10.6 Å². The third kappa shape index (κ3) is 3.20. The van der Waals surface area contributed by atoms with Gasteiger partial charge in [0.15, 0.2) is 0 Å². The molecule has 0 aromatic heterocycles. The SMILES string of the molecule is Clc1ccccc1CNC[C@@H]1CCCN1. The highest BCUT2D eigenvalue weighted by Crippen LogP contribution is 2.14. The van der Waals surface area contributed by atoms with Crippen molar-refractivity contribution in [3.63, 3.8) is 0 Å². The number of hydrogen-bond acceptors (Lipinski definition) is 2. The maximum absolute atomic E-state index is 6.06. The maximum atomic E-state index is 6.06. The van der Waals surface area contributed by atoms with E-state index in [4.69, 9.17) is 11.6 Å². The van der Waals surface area contributed by atoms with Crippen LogP contribution in [0.15, 0.2) is 24.3 Å². The molecule has 0 saturated carbocycles. The molecule has 2 N–H and O–H groups in total. The van der Waals surface area contributed by atoms with E-state index in [1.165, 1.54) is 24.9 Å². The van der Waals surface area contributed by atoms with Crippen molar-refractivity contribution in [1.29, 1.82) is 0 Å². The molecule has 1 aromatic carbocycles. The van der Waals surface area contributed by atoms with Gasteiger partial charge in [-0.1, -0.05) is 29.8 Å². The second-order valence-corrected chi connectivity index (χ2v) is 4.42. The van der Waals surface area contributed by atoms with E-state index in [1.54, 1.807) is 0 Å². The van der Waals surface area contributed by atoms with Crippen molar-refractivity contribution in [1.82, 2.24) is 10.6 Å². The lowest BCUT2D eigenvalue weighted by molar-refractivity contribution is 0.536. The Hall–Kier alpha value is -0.570. The average molecular weight is 225 g/mol. The highest BCUT2D eigenvalue weighted by Gasteiger charge is 2.12. The summed E-state index contributed by atoms with van der Waals surface area (Å²) in [5, 5.41) is 7.75. The molecule has 1 saturated heterocycles. The second-order valence-electron chi connectivity index (χ2n) is 4.02. The molecule has 2 nitrogen and oxygen atoms in total. The van der Waals surface area contributed by atoms with Crippen LogP contribution >= 0.6 is 11.6 Å². The summed E-state index contributed by atoms with van der Waals surface area (Å²) >= 11 is 6.06. The molecule has 1 aliphatic rings. The lowest BCUT2D eigenvalue weighted by atomic mass is 10.2. The summed E-state index contributed by atoms with van der Waals surface area (Å²) in [6.45, 7) is 3.06. The number of halogens is 1. The number of benzene rings is 1. The van der Waals surface area contributed by atoms with Crippen LogP contribution in [-0.4, -0.2) is 19.1 Å². The average Bonchev–Trinajstić information content (AvgIpc) is 2.74. The van der Waals surface area contributed by atoms with Crippen molar-refractivity contribution in [2.75, 3.05) is 13.1 Å². The summed E-state index contributed by atoms with van der Waals surface area (Å²) in [7, 11) is 0. The first-order valence-electron chi connectivity index (χ1n) is 5.54. The molecule has 3 heteroatoms. The van der Waals surface area contributed by atoms with Crippen molar-refractivity contribution in [3.05, 3.63) is 34.9 Å². The van der Waals surface area contributed by atoms with E-state index < -0.39 is 0 Å². The van der Waals surface area contributed by atoms with E-state index in [9.17, 15) is 0 Å². The molecule has 1 fully saturated rings. The Morgan fingerprint density at radius 1 is 1.40 bits per heavy atom. The molecule has 2 rings (SSSR count). The normalized spacial score (nSPS) is 20.7. The summed E-state index contributed by atoms with van der Waals surface area (Å²) < 4.78 is 0. The number of nitrogens with one attached hydrogen (secondary N) is 2. The van der Waals surface area contributed by atoms with E-state index in [0.717, 1.165) is 18.1 Å². The van der Waals surface area contributed by atoms with Crippen molar-refractivity contribution >= 4 is 11.6 Å². The molecule has 0 aliphatic carbocycles. The fraction of sp³-hybridized carbons (Fsp3) is 0.500. The Morgan fingerprint density at radius 3 is 3.00 bits per heavy atom. The Bertz CT molecular complexity index is 308. The highest BCUT2D eigenvalue weighted by atomic mass is 35.5. The molecule has 0 amide bonds. The molecule has 1 aromatic rings. The van der Waals surface area contributed by atoms with E-state index in [0.29, 0.717) is 6.04 Å². The standard InChI is InChI=1S/C12H17ClN2/c13-12-6-2-1-4-10(12)8-14-9-11-5-3-7-15-11/h1-2,4,6,11,14-15H,3,5,7-9H2/t11-/m0/s1. The Morgan fingerprint density at radius 2 is 2.27 bits per heavy atom. The van der Waals surface area contributed by atoms with Crippen LogP contribution in [0.2, 0.25) is 5.02 Å². The predicted octanol–water partition coefficient (Wildman–Crippen LogP) is 2.18. The Balaban J connectivity index is 1.75. The predicted molar refractivity (Wildman–Crippen MR) is 64.2 cm³/mol. The number of rotatable bonds is 4. The zero-order valence-electron chi connectivity index (χ0n) is 8.80. The fourth-order valence-corrected chi connectivity index (χ4v) is 2.16. The van der Waals surface area contributed by atoms with Gasteiger partial charge in [0, 0.05) is 24.2 Å². The topological polar surface area (TPSA) is 24.1 Å². The van der Waals surface area contributed by atoms with Gasteiger partial charge in [-0.25, -0.2) is 0 Å². The van der Waals surface area contributed by atoms with Crippen LogP contribution in [0, 0.1) is 0 Å². The van der Waals surface area contributed by atoms with Gasteiger partial charge in [-0.05, 0) is 31.0 Å². The first-order valence-corrected chi connectivity index (χ1v) is 5.91. The molecular formula is C12H17ClN2. The van der Waals surface area contributed by atoms with Crippen molar-refractivity contribution in [3.8, 4) is 0 Å². The van der Waals surface area contributed by atoms with Gasteiger partial charge >= 0.3 is 0 Å². The quantitative estimate of drug-likeness (QED) is 0.820. The lowest BCUT2D eigenvalue weighted by Gasteiger charge is -2.11. The van der Waals surface area contributed by atoms with Crippen molar-refractivity contribution in [2.45, 2.75) is 25.4 Å². The first-order chi connectivity index (χ1) is 7.36. The highest BCUT2D eigenvalue weighted by molar-refractivity contribution is 6.31. The minimum atomic E-state index is 0.646. The molecular weight excluding hydrogens is 208 g/mol. The van der Waals surface area contributed by atoms with Crippen LogP contribution in [0.4, 0.5) is 0 Å². The maximum Gasteiger partial charge on any atom is 0.0450 e. The molecule has 0 unspecified atom stereocenters. The van der Waals surface area contributed by atoms with Gasteiger partial charge in [-0.3, -0.25) is 0 Å². The van der Waals surface area contributed by atoms with Crippen molar-refractivity contribution in [2.24, 2.45) is 0 Å². The van der Waals surface area contributed by atoms with Gasteiger partial charge in [0.25, 0.3) is 0 Å². The minimum Gasteiger partial charge on any atom is -0.313 e. The van der Waals surface area contributed by atoms with E-state index in [-0.39, 0.29) is 0 Å². The third-order valence-electron chi connectivity index (χ3n) is 2.83. The Kier molecular flexibility index (Phi) is 4.01. The molecule has 0 radical (unpaired) electrons. The zero-order chi connectivity index (χ0) is 10.5. The lowest BCUT2D eigenvalue weighted by Crippen LogP contribution is -2.33. The van der Waals surface area contributed by atoms with E-state index >= 15 is 0 Å². The largest absolute Gasteiger partial charge is 0.313 e. The third-order valence-corrected chi connectivity index (χ3v) is 3.20. The Labute approximate surface area is 96.0 Å². The van der Waals surface area contributed by atoms with Gasteiger partial charge in [0.1, 0.15) is 0 Å². The molecule has 1 heterocycles. The molecule has 0 spiro atoms. The van der Waals surface area contributed by atoms with Crippen LogP contribution < -0.4 is 10.6 Å². The van der Waals surface area contributed by atoms with Crippen molar-refractivity contribution < 1.29 is 0 Å². The first kappa shape index (κ1) is 10.9. The smallest absolute Gasteiger partial charge is 0.0450 e. The minimum absolute atomic E-state index is 0.646. The summed E-state index contributed by atoms with van der Waals surface area (Å²) in [6.07, 6.45) is 2.59. The molecule has 1 atom stereocenters. The summed E-state index contributed by atoms with van der Waals surface area (Å²) in [4.78, 5) is 0. The van der Waals surface area contributed by atoms with Gasteiger partial charge in [0.2, 0.25) is 0 Å². The van der Waals surface area contributed by atoms with Crippen LogP contribution in [0.25, 0.3) is 0 Å². The van der Waals surface area contributed by atoms with Gasteiger partial charge in [-0.2, -0.15) is 0 Å². The van der Waals surface area contributed by atoms with E-state index in [2.05, 4.69) is 16.7 Å². The number of hydrogen-bond donors (Lipinski definition) is 2. The molecule has 0 bridgehead atoms. The van der Waals surface area contributed by atoms with Crippen LogP contribution in [-0.2, 0) is 6.54 Å². The zero-order valence-corrected chi connectivity index (χ0v) is 9.56. The molecule has 1 aliphatic heterocycles. The fourth-order valence-electron chi connectivity index (χ4n) is 1.95. The van der Waals surface area contributed by atoms with E-state index in [1.807, 2.05) is 18.2 Å². The summed E-state index contributed by atoms with van der Waals surface area (Å²) in [5.74, 6) is 0. The van der Waals surface area contributed by atoms with Crippen LogP contribution in [0.1, 0.15) is 18.4 Å². The summed E-state index contributed by atoms with van der Waals surface area (Å²) in [5.41, 5.74) is 1.18. The van der Waals surface area contributed by atoms with Gasteiger partial charge in [-0.15, -0.1) is 0 Å². The van der Waals surface area contributed by atoms with Crippen LogP contribution in [0.3, 0.4) is 0 Å². The molecule has 82 valence electrons. The second kappa shape index (κ2) is 5.50. The monoisotopic (exact) mass is 224 g/mol. The van der Waals surface area contributed by atoms with Gasteiger partial charge in [0.05, 0.1) is 0 Å². The van der Waals surface area contributed by atoms with Crippen LogP contribution in [0.5, 0.6) is 0 Å².